The number of anilines is 2. The highest BCUT2D eigenvalue weighted by atomic mass is 32.2. The summed E-state index contributed by atoms with van der Waals surface area (Å²) in [5.74, 6) is -0.684. The third-order valence-electron chi connectivity index (χ3n) is 9.30. The first-order valence-electron chi connectivity index (χ1n) is 15.1. The summed E-state index contributed by atoms with van der Waals surface area (Å²) in [6.07, 6.45) is 8.37. The predicted octanol–water partition coefficient (Wildman–Crippen LogP) is 5.87. The Labute approximate surface area is 257 Å². The number of aromatic nitrogens is 1. The van der Waals surface area contributed by atoms with Crippen molar-refractivity contribution >= 4 is 44.7 Å². The standard InChI is InChI=1S/C32H38N4O5S2/c1-21-13-14-22(2)35(21)29-16-15-25(18-33-29)43(40,41)34-19-27(23-9-5-3-6-10-23)36(30(37)20-34)26-17-28(42-31(26)32(38)39)24-11-7-4-8-12-24/h4,7-8,11-12,15-18,21-23,27H,3,5-6,9-10,13-14,19-20H2,1-2H3,(H,38,39)/t21-,22+,27?. The molecule has 1 amide bonds. The molecule has 4 heterocycles. The van der Waals surface area contributed by atoms with E-state index in [-0.39, 0.29) is 28.8 Å². The summed E-state index contributed by atoms with van der Waals surface area (Å²) in [6, 6.07) is 14.8. The molecule has 2 aromatic heterocycles. The second-order valence-electron chi connectivity index (χ2n) is 12.1. The van der Waals surface area contributed by atoms with E-state index < -0.39 is 27.9 Å². The summed E-state index contributed by atoms with van der Waals surface area (Å²) in [7, 11) is -4.01. The summed E-state index contributed by atoms with van der Waals surface area (Å²) < 4.78 is 29.2. The van der Waals surface area contributed by atoms with Crippen molar-refractivity contribution in [3.8, 4) is 10.4 Å². The van der Waals surface area contributed by atoms with Gasteiger partial charge in [-0.15, -0.1) is 11.3 Å². The molecule has 3 aromatic rings. The van der Waals surface area contributed by atoms with Gasteiger partial charge < -0.3 is 14.9 Å². The average Bonchev–Trinajstić information content (AvgIpc) is 3.61. The fourth-order valence-corrected chi connectivity index (χ4v) is 9.42. The smallest absolute Gasteiger partial charge is 0.348 e. The second-order valence-corrected chi connectivity index (χ2v) is 15.0. The third-order valence-corrected chi connectivity index (χ3v) is 12.3. The SMILES string of the molecule is C[C@@H]1CC[C@H](C)N1c1ccc(S(=O)(=O)N2CC(=O)N(c3cc(-c4ccccc4)sc3C(=O)O)C(C3CCCCC3)C2)cn1. The quantitative estimate of drug-likeness (QED) is 0.351. The van der Waals surface area contributed by atoms with Gasteiger partial charge in [0.15, 0.2) is 0 Å². The van der Waals surface area contributed by atoms with E-state index >= 15 is 0 Å². The number of thiophene rings is 1. The molecule has 3 atom stereocenters. The van der Waals surface area contributed by atoms with Crippen LogP contribution in [0.2, 0.25) is 0 Å². The zero-order chi connectivity index (χ0) is 30.3. The van der Waals surface area contributed by atoms with Gasteiger partial charge in [0.2, 0.25) is 15.9 Å². The Bertz CT molecular complexity index is 1580. The molecule has 2 aliphatic heterocycles. The van der Waals surface area contributed by atoms with Gasteiger partial charge in [-0.3, -0.25) is 4.79 Å². The number of carbonyl (C=O) groups excluding carboxylic acids is 1. The van der Waals surface area contributed by atoms with Crippen LogP contribution in [0.3, 0.4) is 0 Å². The third kappa shape index (κ3) is 5.70. The molecule has 0 bridgehead atoms. The van der Waals surface area contributed by atoms with Crippen LogP contribution in [0.5, 0.6) is 0 Å². The summed E-state index contributed by atoms with van der Waals surface area (Å²) in [4.78, 5) is 35.7. The molecule has 0 spiro atoms. The topological polar surface area (TPSA) is 111 Å². The number of hydrogen-bond acceptors (Lipinski definition) is 7. The highest BCUT2D eigenvalue weighted by Crippen LogP contribution is 2.42. The highest BCUT2D eigenvalue weighted by molar-refractivity contribution is 7.89. The number of pyridine rings is 1. The first-order chi connectivity index (χ1) is 20.6. The molecule has 1 saturated carbocycles. The van der Waals surface area contributed by atoms with E-state index in [1.165, 1.54) is 10.5 Å². The Morgan fingerprint density at radius 1 is 0.977 bits per heavy atom. The number of hydrogen-bond donors (Lipinski definition) is 1. The number of carboxylic acids is 1. The molecular weight excluding hydrogens is 585 g/mol. The molecule has 1 N–H and O–H groups in total. The van der Waals surface area contributed by atoms with E-state index in [2.05, 4.69) is 23.7 Å². The highest BCUT2D eigenvalue weighted by Gasteiger charge is 2.44. The Morgan fingerprint density at radius 2 is 1.67 bits per heavy atom. The van der Waals surface area contributed by atoms with Crippen LogP contribution in [0.25, 0.3) is 10.4 Å². The van der Waals surface area contributed by atoms with Gasteiger partial charge in [-0.05, 0) is 69.2 Å². The van der Waals surface area contributed by atoms with Crippen molar-refractivity contribution in [3.63, 3.8) is 0 Å². The number of nitrogens with zero attached hydrogens (tertiary/aromatic N) is 4. The molecule has 11 heteroatoms. The van der Waals surface area contributed by atoms with Crippen molar-refractivity contribution in [2.45, 2.75) is 81.8 Å². The molecule has 1 unspecified atom stereocenters. The van der Waals surface area contributed by atoms with Crippen molar-refractivity contribution in [2.24, 2.45) is 5.92 Å². The monoisotopic (exact) mass is 622 g/mol. The normalized spacial score (nSPS) is 24.0. The van der Waals surface area contributed by atoms with Crippen LogP contribution in [0.4, 0.5) is 11.5 Å². The van der Waals surface area contributed by atoms with Gasteiger partial charge in [-0.25, -0.2) is 18.2 Å². The molecule has 0 radical (unpaired) electrons. The Balaban J connectivity index is 1.33. The predicted molar refractivity (Wildman–Crippen MR) is 168 cm³/mol. The van der Waals surface area contributed by atoms with Crippen LogP contribution < -0.4 is 9.80 Å². The first-order valence-corrected chi connectivity index (χ1v) is 17.4. The number of sulfonamides is 1. The number of carboxylic acid groups (broad SMARTS) is 1. The number of benzene rings is 1. The number of piperazine rings is 1. The maximum atomic E-state index is 14.0. The largest absolute Gasteiger partial charge is 0.477 e. The lowest BCUT2D eigenvalue weighted by atomic mass is 9.82. The van der Waals surface area contributed by atoms with Gasteiger partial charge in [0, 0.05) is 29.7 Å². The van der Waals surface area contributed by atoms with Crippen LogP contribution >= 0.6 is 11.3 Å². The Morgan fingerprint density at radius 3 is 2.30 bits per heavy atom. The van der Waals surface area contributed by atoms with Gasteiger partial charge in [-0.2, -0.15) is 4.31 Å². The van der Waals surface area contributed by atoms with E-state index in [9.17, 15) is 23.1 Å². The number of rotatable bonds is 7. The maximum Gasteiger partial charge on any atom is 0.348 e. The fraction of sp³-hybridized carbons (Fsp3) is 0.469. The number of aromatic carboxylic acids is 1. The molecule has 1 aliphatic carbocycles. The van der Waals surface area contributed by atoms with Crippen LogP contribution in [0.15, 0.2) is 59.6 Å². The summed E-state index contributed by atoms with van der Waals surface area (Å²) >= 11 is 1.14. The minimum atomic E-state index is -4.01. The molecule has 1 aromatic carbocycles. The number of carbonyl (C=O) groups is 2. The fourth-order valence-electron chi connectivity index (χ4n) is 7.07. The van der Waals surface area contributed by atoms with Crippen molar-refractivity contribution in [2.75, 3.05) is 22.9 Å². The van der Waals surface area contributed by atoms with Gasteiger partial charge >= 0.3 is 5.97 Å². The Kier molecular flexibility index (Phi) is 8.32. The maximum absolute atomic E-state index is 14.0. The van der Waals surface area contributed by atoms with Gasteiger partial charge in [-0.1, -0.05) is 49.6 Å². The molecule has 228 valence electrons. The average molecular weight is 623 g/mol. The molecule has 3 aliphatic rings. The minimum Gasteiger partial charge on any atom is -0.477 e. The van der Waals surface area contributed by atoms with Crippen molar-refractivity contribution in [1.82, 2.24) is 9.29 Å². The molecular formula is C32H38N4O5S2. The van der Waals surface area contributed by atoms with Crippen LogP contribution in [0, 0.1) is 5.92 Å². The van der Waals surface area contributed by atoms with Crippen LogP contribution in [0.1, 0.15) is 68.5 Å². The van der Waals surface area contributed by atoms with Crippen molar-refractivity contribution in [3.05, 3.63) is 59.6 Å². The first kappa shape index (κ1) is 29.8. The van der Waals surface area contributed by atoms with E-state index in [0.29, 0.717) is 17.8 Å². The zero-order valence-electron chi connectivity index (χ0n) is 24.6. The van der Waals surface area contributed by atoms with Crippen molar-refractivity contribution < 1.29 is 23.1 Å². The molecule has 2 saturated heterocycles. The van der Waals surface area contributed by atoms with E-state index in [1.54, 1.807) is 23.1 Å². The number of amides is 1. The van der Waals surface area contributed by atoms with E-state index in [4.69, 9.17) is 0 Å². The van der Waals surface area contributed by atoms with Gasteiger partial charge in [0.25, 0.3) is 0 Å². The zero-order valence-corrected chi connectivity index (χ0v) is 26.2. The van der Waals surface area contributed by atoms with Crippen LogP contribution in [-0.2, 0) is 14.8 Å². The summed E-state index contributed by atoms with van der Waals surface area (Å²) in [5.41, 5.74) is 1.23. The van der Waals surface area contributed by atoms with Gasteiger partial charge in [0.1, 0.15) is 15.6 Å². The van der Waals surface area contributed by atoms with Crippen LogP contribution in [-0.4, -0.2) is 65.9 Å². The van der Waals surface area contributed by atoms with Gasteiger partial charge in [0.05, 0.1) is 18.3 Å². The lowest BCUT2D eigenvalue weighted by molar-refractivity contribution is -0.121. The molecule has 3 fully saturated rings. The summed E-state index contributed by atoms with van der Waals surface area (Å²) in [5, 5.41) is 10.2. The molecule has 9 nitrogen and oxygen atoms in total. The lowest BCUT2D eigenvalue weighted by Crippen LogP contribution is -2.60. The molecule has 43 heavy (non-hydrogen) atoms. The lowest BCUT2D eigenvalue weighted by Gasteiger charge is -2.44. The van der Waals surface area contributed by atoms with E-state index in [1.807, 2.05) is 30.3 Å². The summed E-state index contributed by atoms with van der Waals surface area (Å²) in [6.45, 7) is 4.05. The Hall–Kier alpha value is -3.28. The second kappa shape index (κ2) is 12.0. The minimum absolute atomic E-state index is 0.0625. The molecule has 6 rings (SSSR count). The van der Waals surface area contributed by atoms with Crippen molar-refractivity contribution in [1.29, 1.82) is 0 Å². The van der Waals surface area contributed by atoms with E-state index in [0.717, 1.165) is 72.5 Å².